The van der Waals surface area contributed by atoms with Crippen molar-refractivity contribution < 1.29 is 4.74 Å². The molecular weight excluding hydrogens is 176 g/mol. The maximum absolute atomic E-state index is 8.84. The van der Waals surface area contributed by atoms with E-state index in [0.717, 1.165) is 23.2 Å². The maximum Gasteiger partial charge on any atom is 0.101 e. The molecule has 0 fully saturated rings. The minimum Gasteiger partial charge on any atom is -0.378 e. The van der Waals surface area contributed by atoms with E-state index in [2.05, 4.69) is 18.0 Å². The van der Waals surface area contributed by atoms with Crippen molar-refractivity contribution in [3.05, 3.63) is 28.6 Å². The summed E-state index contributed by atoms with van der Waals surface area (Å²) in [5.74, 6) is 0. The van der Waals surface area contributed by atoms with Crippen LogP contribution in [0.4, 0.5) is 0 Å². The molecule has 0 bridgehead atoms. The molecule has 14 heavy (non-hydrogen) atoms. The lowest BCUT2D eigenvalue weighted by molar-refractivity contribution is 0.180. The summed E-state index contributed by atoms with van der Waals surface area (Å²) < 4.78 is 5.05. The van der Waals surface area contributed by atoms with Crippen molar-refractivity contribution >= 4 is 0 Å². The number of methoxy groups -OCH3 is 1. The Morgan fingerprint density at radius 3 is 2.79 bits per heavy atom. The third-order valence-corrected chi connectivity index (χ3v) is 2.31. The van der Waals surface area contributed by atoms with Crippen LogP contribution in [0.5, 0.6) is 0 Å². The lowest BCUT2D eigenvalue weighted by Gasteiger charge is -2.10. The number of nitrogens with zero attached hydrogens (tertiary/aromatic N) is 2. The Bertz CT molecular complexity index is 366. The topological polar surface area (TPSA) is 45.9 Å². The quantitative estimate of drug-likeness (QED) is 0.732. The zero-order valence-electron chi connectivity index (χ0n) is 8.79. The van der Waals surface area contributed by atoms with E-state index in [1.807, 2.05) is 6.92 Å². The van der Waals surface area contributed by atoms with E-state index in [9.17, 15) is 0 Å². The van der Waals surface area contributed by atoms with Crippen LogP contribution in [0.3, 0.4) is 0 Å². The van der Waals surface area contributed by atoms with Crippen molar-refractivity contribution in [2.45, 2.75) is 26.9 Å². The second kappa shape index (κ2) is 4.73. The molecule has 3 nitrogen and oxygen atoms in total. The summed E-state index contributed by atoms with van der Waals surface area (Å²) in [6, 6.07) is 2.14. The number of hydrogen-bond acceptors (Lipinski definition) is 3. The third kappa shape index (κ3) is 1.91. The average Bonchev–Trinajstić information content (AvgIpc) is 2.19. The standard InChI is InChI=1S/C11H14N2O/c1-4-10-8(2)9(5-12)6-13-11(10)7-14-3/h6H,4,7H2,1-3H3. The highest BCUT2D eigenvalue weighted by Gasteiger charge is 2.09. The van der Waals surface area contributed by atoms with E-state index in [1.54, 1.807) is 13.3 Å². The van der Waals surface area contributed by atoms with Crippen LogP contribution < -0.4 is 0 Å². The van der Waals surface area contributed by atoms with E-state index < -0.39 is 0 Å². The molecule has 1 heterocycles. The molecule has 1 aromatic heterocycles. The molecule has 0 aliphatic heterocycles. The SMILES string of the molecule is CCc1c(COC)ncc(C#N)c1C. The van der Waals surface area contributed by atoms with Gasteiger partial charge in [0.25, 0.3) is 0 Å². The molecule has 74 valence electrons. The van der Waals surface area contributed by atoms with Gasteiger partial charge in [-0.05, 0) is 24.5 Å². The van der Waals surface area contributed by atoms with Gasteiger partial charge in [-0.1, -0.05) is 6.92 Å². The molecular formula is C11H14N2O. The minimum absolute atomic E-state index is 0.510. The second-order valence-corrected chi connectivity index (χ2v) is 3.12. The Labute approximate surface area is 84.3 Å². The number of hydrogen-bond donors (Lipinski definition) is 0. The van der Waals surface area contributed by atoms with Crippen molar-refractivity contribution in [1.82, 2.24) is 4.98 Å². The highest BCUT2D eigenvalue weighted by atomic mass is 16.5. The highest BCUT2D eigenvalue weighted by Crippen LogP contribution is 2.17. The first-order valence-corrected chi connectivity index (χ1v) is 4.61. The van der Waals surface area contributed by atoms with Gasteiger partial charge in [0, 0.05) is 13.3 Å². The van der Waals surface area contributed by atoms with Gasteiger partial charge in [0.15, 0.2) is 0 Å². The lowest BCUT2D eigenvalue weighted by Crippen LogP contribution is -2.03. The Morgan fingerprint density at radius 2 is 2.29 bits per heavy atom. The van der Waals surface area contributed by atoms with Crippen LogP contribution in [0.25, 0.3) is 0 Å². The zero-order chi connectivity index (χ0) is 10.6. The monoisotopic (exact) mass is 190 g/mol. The Hall–Kier alpha value is -1.40. The molecule has 3 heteroatoms. The van der Waals surface area contributed by atoms with Gasteiger partial charge >= 0.3 is 0 Å². The summed E-state index contributed by atoms with van der Waals surface area (Å²) in [6.45, 7) is 4.53. The smallest absolute Gasteiger partial charge is 0.101 e. The van der Waals surface area contributed by atoms with E-state index in [-0.39, 0.29) is 0 Å². The van der Waals surface area contributed by atoms with Gasteiger partial charge < -0.3 is 4.74 Å². The number of aromatic nitrogens is 1. The lowest BCUT2D eigenvalue weighted by atomic mass is 10.0. The molecule has 0 saturated carbocycles. The molecule has 0 radical (unpaired) electrons. The van der Waals surface area contributed by atoms with E-state index in [4.69, 9.17) is 10.00 Å². The van der Waals surface area contributed by atoms with Crippen molar-refractivity contribution in [1.29, 1.82) is 5.26 Å². The van der Waals surface area contributed by atoms with Crippen molar-refractivity contribution in [2.24, 2.45) is 0 Å². The van der Waals surface area contributed by atoms with Crippen LogP contribution in [-0.4, -0.2) is 12.1 Å². The largest absolute Gasteiger partial charge is 0.378 e. The van der Waals surface area contributed by atoms with Crippen molar-refractivity contribution in [3.8, 4) is 6.07 Å². The number of rotatable bonds is 3. The van der Waals surface area contributed by atoms with Crippen molar-refractivity contribution in [3.63, 3.8) is 0 Å². The Balaban J connectivity index is 3.23. The van der Waals surface area contributed by atoms with Gasteiger partial charge in [-0.15, -0.1) is 0 Å². The van der Waals surface area contributed by atoms with Crippen LogP contribution >= 0.6 is 0 Å². The minimum atomic E-state index is 0.510. The predicted molar refractivity (Wildman–Crippen MR) is 53.8 cm³/mol. The first-order chi connectivity index (χ1) is 6.74. The van der Waals surface area contributed by atoms with E-state index in [1.165, 1.54) is 0 Å². The summed E-state index contributed by atoms with van der Waals surface area (Å²) in [5.41, 5.74) is 3.75. The fraction of sp³-hybridized carbons (Fsp3) is 0.455. The summed E-state index contributed by atoms with van der Waals surface area (Å²) in [5, 5.41) is 8.84. The van der Waals surface area contributed by atoms with Gasteiger partial charge in [-0.25, -0.2) is 0 Å². The fourth-order valence-electron chi connectivity index (χ4n) is 1.54. The van der Waals surface area contributed by atoms with Gasteiger partial charge in [0.1, 0.15) is 6.07 Å². The van der Waals surface area contributed by atoms with Gasteiger partial charge in [0.2, 0.25) is 0 Å². The second-order valence-electron chi connectivity index (χ2n) is 3.12. The zero-order valence-corrected chi connectivity index (χ0v) is 8.79. The van der Waals surface area contributed by atoms with Crippen LogP contribution in [-0.2, 0) is 17.8 Å². The fourth-order valence-corrected chi connectivity index (χ4v) is 1.54. The Morgan fingerprint density at radius 1 is 1.57 bits per heavy atom. The van der Waals surface area contributed by atoms with Gasteiger partial charge in [0.05, 0.1) is 17.9 Å². The van der Waals surface area contributed by atoms with Gasteiger partial charge in [-0.3, -0.25) is 4.98 Å². The normalized spacial score (nSPS) is 9.86. The highest BCUT2D eigenvalue weighted by molar-refractivity contribution is 5.42. The first kappa shape index (κ1) is 10.7. The molecule has 1 aromatic rings. The molecule has 0 N–H and O–H groups in total. The molecule has 0 saturated heterocycles. The van der Waals surface area contributed by atoms with E-state index >= 15 is 0 Å². The van der Waals surface area contributed by atoms with E-state index in [0.29, 0.717) is 12.2 Å². The van der Waals surface area contributed by atoms with Crippen molar-refractivity contribution in [2.75, 3.05) is 7.11 Å². The van der Waals surface area contributed by atoms with Crippen LogP contribution in [0.2, 0.25) is 0 Å². The third-order valence-electron chi connectivity index (χ3n) is 2.31. The molecule has 0 amide bonds. The van der Waals surface area contributed by atoms with Crippen LogP contribution in [0.1, 0.15) is 29.3 Å². The van der Waals surface area contributed by atoms with Crippen LogP contribution in [0.15, 0.2) is 6.20 Å². The number of nitriles is 1. The van der Waals surface area contributed by atoms with Crippen LogP contribution in [0, 0.1) is 18.3 Å². The predicted octanol–water partition coefficient (Wildman–Crippen LogP) is 1.97. The van der Waals surface area contributed by atoms with Gasteiger partial charge in [-0.2, -0.15) is 5.26 Å². The molecule has 0 aliphatic rings. The molecule has 0 aliphatic carbocycles. The molecule has 0 aromatic carbocycles. The molecule has 0 unspecified atom stereocenters. The molecule has 1 rings (SSSR count). The summed E-state index contributed by atoms with van der Waals surface area (Å²) in [7, 11) is 1.65. The number of pyridine rings is 1. The number of ether oxygens (including phenoxy) is 1. The Kier molecular flexibility index (Phi) is 3.61. The molecule has 0 atom stereocenters. The molecule has 0 spiro atoms. The summed E-state index contributed by atoms with van der Waals surface area (Å²) in [4.78, 5) is 4.22. The summed E-state index contributed by atoms with van der Waals surface area (Å²) in [6.07, 6.45) is 2.50. The maximum atomic E-state index is 8.84. The first-order valence-electron chi connectivity index (χ1n) is 4.61. The summed E-state index contributed by atoms with van der Waals surface area (Å²) >= 11 is 0. The average molecular weight is 190 g/mol.